The van der Waals surface area contributed by atoms with E-state index in [-0.39, 0.29) is 0 Å². The number of H-pyrrole nitrogens is 1. The van der Waals surface area contributed by atoms with Gasteiger partial charge >= 0.3 is 0 Å². The van der Waals surface area contributed by atoms with Gasteiger partial charge in [0.25, 0.3) is 0 Å². The molecule has 1 aromatic heterocycles. The third-order valence-corrected chi connectivity index (χ3v) is 1.79. The van der Waals surface area contributed by atoms with Gasteiger partial charge in [0.15, 0.2) is 0 Å². The fourth-order valence-electron chi connectivity index (χ4n) is 1.21. The molecule has 0 unspecified atom stereocenters. The van der Waals surface area contributed by atoms with Crippen LogP contribution in [0.25, 0.3) is 10.9 Å². The zero-order chi connectivity index (χ0) is 7.68. The Bertz CT molecular complexity index is 362. The Labute approximate surface area is 65.2 Å². The van der Waals surface area contributed by atoms with Crippen molar-refractivity contribution < 1.29 is 0 Å². The fourth-order valence-corrected chi connectivity index (χ4v) is 1.21. The largest absolute Gasteiger partial charge is 0.278 e. The van der Waals surface area contributed by atoms with Gasteiger partial charge in [-0.1, -0.05) is 18.2 Å². The summed E-state index contributed by atoms with van der Waals surface area (Å²) in [6, 6.07) is 8.07. The van der Waals surface area contributed by atoms with Crippen molar-refractivity contribution in [3.8, 4) is 0 Å². The molecule has 0 aliphatic carbocycles. The van der Waals surface area contributed by atoms with Crippen molar-refractivity contribution in [1.29, 1.82) is 0 Å². The van der Waals surface area contributed by atoms with Crippen LogP contribution in [0.15, 0.2) is 24.3 Å². The number of rotatable bonds is 1. The maximum absolute atomic E-state index is 4.13. The fraction of sp³-hybridized carbons (Fsp3) is 0.111. The molecule has 0 fully saturated rings. The van der Waals surface area contributed by atoms with Crippen molar-refractivity contribution in [2.24, 2.45) is 0 Å². The van der Waals surface area contributed by atoms with Crippen LogP contribution in [0.4, 0.5) is 0 Å². The van der Waals surface area contributed by atoms with Crippen molar-refractivity contribution in [2.45, 2.75) is 6.42 Å². The van der Waals surface area contributed by atoms with Gasteiger partial charge in [0.1, 0.15) is 0 Å². The molecule has 11 heavy (non-hydrogen) atoms. The summed E-state index contributed by atoms with van der Waals surface area (Å²) in [7, 11) is 0. The highest BCUT2D eigenvalue weighted by Crippen LogP contribution is 2.14. The maximum Gasteiger partial charge on any atom is 0.0700 e. The first-order chi connectivity index (χ1) is 5.42. The van der Waals surface area contributed by atoms with Gasteiger partial charge in [-0.15, -0.1) is 0 Å². The van der Waals surface area contributed by atoms with E-state index in [1.807, 2.05) is 18.2 Å². The van der Waals surface area contributed by atoms with Crippen LogP contribution in [-0.2, 0) is 6.42 Å². The first kappa shape index (κ1) is 6.40. The van der Waals surface area contributed by atoms with E-state index >= 15 is 0 Å². The Kier molecular flexibility index (Phi) is 1.39. The van der Waals surface area contributed by atoms with Crippen LogP contribution in [0, 0.1) is 6.92 Å². The van der Waals surface area contributed by atoms with Gasteiger partial charge in [0, 0.05) is 5.39 Å². The number of hydrogen-bond acceptors (Lipinski definition) is 1. The lowest BCUT2D eigenvalue weighted by Gasteiger charge is -1.88. The van der Waals surface area contributed by atoms with Crippen molar-refractivity contribution >= 4 is 10.9 Å². The lowest BCUT2D eigenvalue weighted by Crippen LogP contribution is -1.78. The molecule has 2 heteroatoms. The van der Waals surface area contributed by atoms with E-state index in [0.717, 1.165) is 17.6 Å². The van der Waals surface area contributed by atoms with Gasteiger partial charge in [-0.05, 0) is 19.4 Å². The Morgan fingerprint density at radius 1 is 1.36 bits per heavy atom. The molecule has 2 aromatic rings. The molecule has 0 saturated carbocycles. The third-order valence-electron chi connectivity index (χ3n) is 1.79. The minimum absolute atomic E-state index is 0.740. The summed E-state index contributed by atoms with van der Waals surface area (Å²) in [5.41, 5.74) is 2.13. The highest BCUT2D eigenvalue weighted by Gasteiger charge is 1.99. The van der Waals surface area contributed by atoms with E-state index in [1.54, 1.807) is 0 Å². The molecule has 2 nitrogen and oxygen atoms in total. The molecule has 0 bridgehead atoms. The number of hydrogen-bond donors (Lipinski definition) is 1. The smallest absolute Gasteiger partial charge is 0.0700 e. The Balaban J connectivity index is 2.76. The summed E-state index contributed by atoms with van der Waals surface area (Å²) in [4.78, 5) is 0. The minimum Gasteiger partial charge on any atom is -0.278 e. The molecular formula is C9H9N2. The van der Waals surface area contributed by atoms with Gasteiger partial charge in [-0.25, -0.2) is 0 Å². The SMILES string of the molecule is [CH2]Cc1n[nH]c2ccccc12. The first-order valence-electron chi connectivity index (χ1n) is 3.63. The second-order valence-corrected chi connectivity index (χ2v) is 2.47. The molecule has 0 atom stereocenters. The van der Waals surface area contributed by atoms with Crippen LogP contribution in [0.3, 0.4) is 0 Å². The van der Waals surface area contributed by atoms with Crippen molar-refractivity contribution in [3.63, 3.8) is 0 Å². The Hall–Kier alpha value is -1.31. The summed E-state index contributed by atoms with van der Waals surface area (Å²) in [6.45, 7) is 3.80. The van der Waals surface area contributed by atoms with Crippen LogP contribution in [0.5, 0.6) is 0 Å². The van der Waals surface area contributed by atoms with Gasteiger partial charge in [-0.3, -0.25) is 5.10 Å². The van der Waals surface area contributed by atoms with Crippen LogP contribution in [-0.4, -0.2) is 10.2 Å². The second kappa shape index (κ2) is 2.38. The Morgan fingerprint density at radius 2 is 2.18 bits per heavy atom. The lowest BCUT2D eigenvalue weighted by atomic mass is 10.2. The molecule has 1 heterocycles. The molecule has 0 amide bonds. The van der Waals surface area contributed by atoms with E-state index in [2.05, 4.69) is 23.2 Å². The second-order valence-electron chi connectivity index (χ2n) is 2.47. The molecule has 55 valence electrons. The molecule has 0 spiro atoms. The molecule has 1 radical (unpaired) electrons. The Morgan fingerprint density at radius 3 is 3.00 bits per heavy atom. The topological polar surface area (TPSA) is 28.7 Å². The number of fused-ring (bicyclic) bond motifs is 1. The molecule has 0 saturated heterocycles. The van der Waals surface area contributed by atoms with Crippen LogP contribution in [0.1, 0.15) is 5.69 Å². The van der Waals surface area contributed by atoms with Crippen molar-refractivity contribution in [1.82, 2.24) is 10.2 Å². The van der Waals surface area contributed by atoms with E-state index in [9.17, 15) is 0 Å². The molecular weight excluding hydrogens is 136 g/mol. The summed E-state index contributed by atoms with van der Waals surface area (Å²) < 4.78 is 0. The predicted molar refractivity (Wildman–Crippen MR) is 45.2 cm³/mol. The van der Waals surface area contributed by atoms with Crippen molar-refractivity contribution in [2.75, 3.05) is 0 Å². The summed E-state index contributed by atoms with van der Waals surface area (Å²) in [5, 5.41) is 8.26. The number of benzene rings is 1. The van der Waals surface area contributed by atoms with E-state index in [4.69, 9.17) is 0 Å². The standard InChI is InChI=1S/C9H9N2/c1-2-8-7-5-3-4-6-9(7)11-10-8/h3-6H,1-2H2,(H,10,11). The van der Waals surface area contributed by atoms with Gasteiger partial charge in [0.2, 0.25) is 0 Å². The highest BCUT2D eigenvalue weighted by molar-refractivity contribution is 5.81. The van der Waals surface area contributed by atoms with E-state index in [1.165, 1.54) is 5.39 Å². The number of nitrogens with one attached hydrogen (secondary N) is 1. The molecule has 0 aliphatic heterocycles. The van der Waals surface area contributed by atoms with Gasteiger partial charge in [0.05, 0.1) is 11.2 Å². The molecule has 0 aliphatic rings. The zero-order valence-corrected chi connectivity index (χ0v) is 6.17. The van der Waals surface area contributed by atoms with Crippen LogP contribution >= 0.6 is 0 Å². The number of aromatic amines is 1. The zero-order valence-electron chi connectivity index (χ0n) is 6.17. The number of nitrogens with zero attached hydrogens (tertiary/aromatic N) is 1. The quantitative estimate of drug-likeness (QED) is 0.652. The first-order valence-corrected chi connectivity index (χ1v) is 3.63. The van der Waals surface area contributed by atoms with Crippen LogP contribution < -0.4 is 0 Å². The molecule has 1 N–H and O–H groups in total. The highest BCUT2D eigenvalue weighted by atomic mass is 15.1. The van der Waals surface area contributed by atoms with E-state index < -0.39 is 0 Å². The average Bonchev–Trinajstić information content (AvgIpc) is 2.47. The normalized spacial score (nSPS) is 10.6. The van der Waals surface area contributed by atoms with Gasteiger partial charge in [-0.2, -0.15) is 5.10 Å². The average molecular weight is 145 g/mol. The predicted octanol–water partition coefficient (Wildman–Crippen LogP) is 1.94. The lowest BCUT2D eigenvalue weighted by molar-refractivity contribution is 1.03. The molecule has 2 rings (SSSR count). The summed E-state index contributed by atoms with van der Waals surface area (Å²) >= 11 is 0. The minimum atomic E-state index is 0.740. The van der Waals surface area contributed by atoms with E-state index in [0.29, 0.717) is 0 Å². The van der Waals surface area contributed by atoms with Gasteiger partial charge < -0.3 is 0 Å². The summed E-state index contributed by atoms with van der Waals surface area (Å²) in [6.07, 6.45) is 0.740. The maximum atomic E-state index is 4.13. The number of aromatic nitrogens is 2. The monoisotopic (exact) mass is 145 g/mol. The summed E-state index contributed by atoms with van der Waals surface area (Å²) in [5.74, 6) is 0. The third kappa shape index (κ3) is 0.909. The number of para-hydroxylation sites is 1. The van der Waals surface area contributed by atoms with Crippen molar-refractivity contribution in [3.05, 3.63) is 36.9 Å². The van der Waals surface area contributed by atoms with Crippen LogP contribution in [0.2, 0.25) is 0 Å². The molecule has 1 aromatic carbocycles.